The number of ketones is 1. The topological polar surface area (TPSA) is 61.9 Å². The van der Waals surface area contributed by atoms with E-state index in [0.717, 1.165) is 42.3 Å². The molecule has 1 aliphatic heterocycles. The molecule has 2 aromatic heterocycles. The molecule has 2 aromatic rings. The van der Waals surface area contributed by atoms with Crippen molar-refractivity contribution < 1.29 is 14.3 Å². The minimum absolute atomic E-state index is 0.173. The molecule has 0 spiro atoms. The predicted octanol–water partition coefficient (Wildman–Crippen LogP) is 1.93. The average molecular weight is 359 g/mol. The van der Waals surface area contributed by atoms with Crippen LogP contribution in [0.3, 0.4) is 0 Å². The van der Waals surface area contributed by atoms with Crippen LogP contribution in [-0.4, -0.2) is 70.6 Å². The Morgan fingerprint density at radius 2 is 2.15 bits per heavy atom. The number of carbonyl (C=O) groups excluding carboxylic acids is 1. The van der Waals surface area contributed by atoms with E-state index in [2.05, 4.69) is 21.3 Å². The third kappa shape index (κ3) is 4.09. The van der Waals surface area contributed by atoms with Crippen LogP contribution in [0, 0.1) is 13.8 Å². The minimum atomic E-state index is 0.173. The zero-order valence-electron chi connectivity index (χ0n) is 15.9. The maximum atomic E-state index is 12.9. The van der Waals surface area contributed by atoms with E-state index in [1.54, 1.807) is 6.26 Å². The van der Waals surface area contributed by atoms with E-state index >= 15 is 0 Å². The van der Waals surface area contributed by atoms with Crippen LogP contribution in [0.15, 0.2) is 28.9 Å². The highest BCUT2D eigenvalue weighted by molar-refractivity contribution is 5.99. The quantitative estimate of drug-likeness (QED) is 0.766. The maximum Gasteiger partial charge on any atom is 0.178 e. The van der Waals surface area contributed by atoms with Gasteiger partial charge in [-0.25, -0.2) is 0 Å². The van der Waals surface area contributed by atoms with Crippen LogP contribution < -0.4 is 0 Å². The van der Waals surface area contributed by atoms with Crippen LogP contribution in [0.1, 0.15) is 34.4 Å². The summed E-state index contributed by atoms with van der Waals surface area (Å²) in [4.78, 5) is 17.4. The van der Waals surface area contributed by atoms with E-state index < -0.39 is 0 Å². The van der Waals surface area contributed by atoms with E-state index in [1.807, 2.05) is 32.0 Å². The second kappa shape index (κ2) is 8.20. The number of piperazine rings is 1. The molecule has 1 saturated heterocycles. The summed E-state index contributed by atoms with van der Waals surface area (Å²) in [6, 6.07) is 6.18. The highest BCUT2D eigenvalue weighted by Crippen LogP contribution is 2.19. The number of nitrogens with zero attached hydrogens (tertiary/aromatic N) is 3. The van der Waals surface area contributed by atoms with Gasteiger partial charge in [-0.3, -0.25) is 14.6 Å². The first-order valence-corrected chi connectivity index (χ1v) is 9.29. The molecule has 1 atom stereocenters. The van der Waals surface area contributed by atoms with Gasteiger partial charge in [-0.15, -0.1) is 0 Å². The molecule has 1 N–H and O–H groups in total. The Hall–Kier alpha value is -1.89. The number of carbonyl (C=O) groups is 1. The van der Waals surface area contributed by atoms with Gasteiger partial charge < -0.3 is 14.1 Å². The fraction of sp³-hybridized carbons (Fsp3) is 0.550. The molecule has 3 rings (SSSR count). The van der Waals surface area contributed by atoms with E-state index in [9.17, 15) is 4.79 Å². The molecule has 0 saturated carbocycles. The largest absolute Gasteiger partial charge is 0.467 e. The first kappa shape index (κ1) is 18.9. The van der Waals surface area contributed by atoms with Gasteiger partial charge in [0, 0.05) is 49.2 Å². The molecule has 0 bridgehead atoms. The standard InChI is InChI=1S/C20H29N3O3/c1-15-11-19(17(3)23(15)13-18-5-4-10-26-18)20(25)14-21-6-7-22(8-9-24)16(2)12-21/h4-5,10-11,16,24H,6-9,12-14H2,1-3H3. The Morgan fingerprint density at radius 1 is 1.35 bits per heavy atom. The van der Waals surface area contributed by atoms with Crippen LogP contribution in [0.25, 0.3) is 0 Å². The fourth-order valence-corrected chi connectivity index (χ4v) is 3.85. The number of β-amino-alcohol motifs (C(OH)–C–C–N with tert-alkyl or cyclic N) is 1. The van der Waals surface area contributed by atoms with E-state index in [0.29, 0.717) is 25.7 Å². The monoisotopic (exact) mass is 359 g/mol. The molecule has 0 radical (unpaired) electrons. The normalized spacial score (nSPS) is 19.2. The van der Waals surface area contributed by atoms with Gasteiger partial charge in [0.15, 0.2) is 5.78 Å². The smallest absolute Gasteiger partial charge is 0.178 e. The van der Waals surface area contributed by atoms with Gasteiger partial charge in [-0.1, -0.05) is 0 Å². The summed E-state index contributed by atoms with van der Waals surface area (Å²) in [6.45, 7) is 10.8. The second-order valence-corrected chi connectivity index (χ2v) is 7.22. The van der Waals surface area contributed by atoms with Crippen LogP contribution in [-0.2, 0) is 6.54 Å². The molecule has 1 aliphatic rings. The Kier molecular flexibility index (Phi) is 5.96. The molecule has 0 aromatic carbocycles. The van der Waals surface area contributed by atoms with Crippen molar-refractivity contribution in [3.63, 3.8) is 0 Å². The van der Waals surface area contributed by atoms with Crippen molar-refractivity contribution in [2.24, 2.45) is 0 Å². The second-order valence-electron chi connectivity index (χ2n) is 7.22. The van der Waals surface area contributed by atoms with E-state index in [1.165, 1.54) is 0 Å². The van der Waals surface area contributed by atoms with E-state index in [4.69, 9.17) is 9.52 Å². The minimum Gasteiger partial charge on any atom is -0.467 e. The van der Waals surface area contributed by atoms with E-state index in [-0.39, 0.29) is 12.4 Å². The van der Waals surface area contributed by atoms with Gasteiger partial charge in [0.2, 0.25) is 0 Å². The summed E-state index contributed by atoms with van der Waals surface area (Å²) in [6.07, 6.45) is 1.67. The first-order valence-electron chi connectivity index (χ1n) is 9.29. The molecule has 6 nitrogen and oxygen atoms in total. The zero-order valence-corrected chi connectivity index (χ0v) is 15.9. The van der Waals surface area contributed by atoms with Crippen LogP contribution in [0.5, 0.6) is 0 Å². The lowest BCUT2D eigenvalue weighted by Gasteiger charge is -2.39. The Balaban J connectivity index is 1.65. The Morgan fingerprint density at radius 3 is 2.81 bits per heavy atom. The lowest BCUT2D eigenvalue weighted by atomic mass is 10.1. The maximum absolute atomic E-state index is 12.9. The van der Waals surface area contributed by atoms with Crippen molar-refractivity contribution in [3.05, 3.63) is 47.2 Å². The summed E-state index contributed by atoms with van der Waals surface area (Å²) in [5, 5.41) is 9.13. The number of rotatable bonds is 7. The van der Waals surface area contributed by atoms with Gasteiger partial charge in [0.05, 0.1) is 26.0 Å². The van der Waals surface area contributed by atoms with Crippen molar-refractivity contribution in [2.45, 2.75) is 33.4 Å². The number of furan rings is 1. The Bertz CT molecular complexity index is 736. The molecular formula is C20H29N3O3. The molecule has 3 heterocycles. The Labute approximate surface area is 155 Å². The van der Waals surface area contributed by atoms with Gasteiger partial charge in [0.1, 0.15) is 5.76 Å². The number of Topliss-reactive ketones (excluding diaryl/α,β-unsaturated/α-hetero) is 1. The lowest BCUT2D eigenvalue weighted by molar-refractivity contribution is 0.0616. The van der Waals surface area contributed by atoms with Crippen molar-refractivity contribution in [3.8, 4) is 0 Å². The van der Waals surface area contributed by atoms with Gasteiger partial charge >= 0.3 is 0 Å². The molecule has 0 aliphatic carbocycles. The average Bonchev–Trinajstić information content (AvgIpc) is 3.21. The molecule has 142 valence electrons. The van der Waals surface area contributed by atoms with Crippen molar-refractivity contribution in [1.82, 2.24) is 14.4 Å². The molecule has 1 fully saturated rings. The van der Waals surface area contributed by atoms with Gasteiger partial charge in [0.25, 0.3) is 0 Å². The summed E-state index contributed by atoms with van der Waals surface area (Å²) >= 11 is 0. The van der Waals surface area contributed by atoms with Gasteiger partial charge in [-0.05, 0) is 39.0 Å². The number of aliphatic hydroxyl groups is 1. The summed E-state index contributed by atoms with van der Waals surface area (Å²) in [7, 11) is 0. The van der Waals surface area contributed by atoms with Crippen molar-refractivity contribution in [1.29, 1.82) is 0 Å². The highest BCUT2D eigenvalue weighted by Gasteiger charge is 2.26. The molecule has 1 unspecified atom stereocenters. The van der Waals surface area contributed by atoms with Crippen molar-refractivity contribution >= 4 is 5.78 Å². The summed E-state index contributed by atoms with van der Waals surface area (Å²) in [5.41, 5.74) is 2.87. The molecular weight excluding hydrogens is 330 g/mol. The third-order valence-corrected chi connectivity index (χ3v) is 5.37. The number of aryl methyl sites for hydroxylation is 1. The van der Waals surface area contributed by atoms with Crippen LogP contribution >= 0.6 is 0 Å². The lowest BCUT2D eigenvalue weighted by Crippen LogP contribution is -2.53. The fourth-order valence-electron chi connectivity index (χ4n) is 3.85. The molecule has 6 heteroatoms. The van der Waals surface area contributed by atoms with Crippen LogP contribution in [0.4, 0.5) is 0 Å². The molecule has 0 amide bonds. The number of aromatic nitrogens is 1. The SMILES string of the molecule is Cc1cc(C(=O)CN2CCN(CCO)C(C)C2)c(C)n1Cc1ccco1. The van der Waals surface area contributed by atoms with Crippen molar-refractivity contribution in [2.75, 3.05) is 39.3 Å². The first-order chi connectivity index (χ1) is 12.5. The third-order valence-electron chi connectivity index (χ3n) is 5.37. The number of aliphatic hydroxyl groups excluding tert-OH is 1. The molecule has 26 heavy (non-hydrogen) atoms. The zero-order chi connectivity index (χ0) is 18.7. The summed E-state index contributed by atoms with van der Waals surface area (Å²) < 4.78 is 7.58. The number of hydrogen-bond acceptors (Lipinski definition) is 5. The van der Waals surface area contributed by atoms with Gasteiger partial charge in [-0.2, -0.15) is 0 Å². The number of hydrogen-bond donors (Lipinski definition) is 1. The summed E-state index contributed by atoms with van der Waals surface area (Å²) in [5.74, 6) is 1.06. The predicted molar refractivity (Wildman–Crippen MR) is 101 cm³/mol. The van der Waals surface area contributed by atoms with Crippen LogP contribution in [0.2, 0.25) is 0 Å². The highest BCUT2D eigenvalue weighted by atomic mass is 16.3.